The van der Waals surface area contributed by atoms with Gasteiger partial charge < -0.3 is 14.9 Å². The minimum atomic E-state index is -0.424. The third-order valence-corrected chi connectivity index (χ3v) is 4.59. The number of aliphatic hydroxyl groups excluding tert-OH is 1. The molecule has 1 aliphatic heterocycles. The van der Waals surface area contributed by atoms with Crippen molar-refractivity contribution in [1.29, 1.82) is 0 Å². The molecule has 0 spiro atoms. The molecule has 0 amide bonds. The predicted molar refractivity (Wildman–Crippen MR) is 88.3 cm³/mol. The van der Waals surface area contributed by atoms with Gasteiger partial charge in [-0.2, -0.15) is 0 Å². The lowest BCUT2D eigenvalue weighted by Gasteiger charge is -2.35. The molecule has 1 aromatic carbocycles. The van der Waals surface area contributed by atoms with Crippen LogP contribution < -0.4 is 0 Å². The van der Waals surface area contributed by atoms with E-state index in [1.807, 2.05) is 30.3 Å². The Labute approximate surface area is 129 Å². The summed E-state index contributed by atoms with van der Waals surface area (Å²) in [7, 11) is 4.38. The van der Waals surface area contributed by atoms with Gasteiger partial charge in [0.2, 0.25) is 0 Å². The molecule has 3 nitrogen and oxygen atoms in total. The van der Waals surface area contributed by atoms with Crippen LogP contribution in [0.25, 0.3) is 0 Å². The maximum atomic E-state index is 10.7. The first-order chi connectivity index (χ1) is 9.88. The largest absolute Gasteiger partial charge is 0.388 e. The van der Waals surface area contributed by atoms with Gasteiger partial charge in [-0.1, -0.05) is 44.2 Å². The molecule has 1 aliphatic rings. The molecule has 1 aromatic rings. The highest BCUT2D eigenvalue weighted by Gasteiger charge is 2.31. The molecule has 0 radical (unpaired) electrons. The molecule has 2 unspecified atom stereocenters. The van der Waals surface area contributed by atoms with Gasteiger partial charge in [0.25, 0.3) is 0 Å². The second-order valence-corrected chi connectivity index (χ2v) is 7.42. The number of aliphatic hydroxyl groups is 1. The van der Waals surface area contributed by atoms with Crippen LogP contribution in [0, 0.1) is 11.3 Å². The normalized spacial score (nSPS) is 21.9. The van der Waals surface area contributed by atoms with E-state index >= 15 is 0 Å². The first-order valence-corrected chi connectivity index (χ1v) is 7.98. The monoisotopic (exact) mass is 290 g/mol. The second-order valence-electron chi connectivity index (χ2n) is 7.42. The molecule has 0 bridgehead atoms. The lowest BCUT2D eigenvalue weighted by atomic mass is 9.82. The maximum Gasteiger partial charge on any atom is 0.0853 e. The smallest absolute Gasteiger partial charge is 0.0853 e. The summed E-state index contributed by atoms with van der Waals surface area (Å²) in [4.78, 5) is 4.79. The summed E-state index contributed by atoms with van der Waals surface area (Å²) in [6.07, 6.45) is 0.870. The van der Waals surface area contributed by atoms with Crippen LogP contribution in [-0.4, -0.2) is 55.2 Å². The minimum Gasteiger partial charge on any atom is -0.388 e. The Kier molecular flexibility index (Phi) is 5.42. The lowest BCUT2D eigenvalue weighted by molar-refractivity contribution is 0.0232. The summed E-state index contributed by atoms with van der Waals surface area (Å²) in [6.45, 7) is 8.75. The van der Waals surface area contributed by atoms with E-state index in [0.717, 1.165) is 24.6 Å². The number of hydrogen-bond donors (Lipinski definition) is 1. The maximum absolute atomic E-state index is 10.7. The van der Waals surface area contributed by atoms with E-state index in [9.17, 15) is 5.11 Å². The molecule has 0 aromatic heterocycles. The third kappa shape index (κ3) is 4.53. The van der Waals surface area contributed by atoms with E-state index in [-0.39, 0.29) is 5.41 Å². The summed E-state index contributed by atoms with van der Waals surface area (Å²) in [6, 6.07) is 10.0. The van der Waals surface area contributed by atoms with Crippen molar-refractivity contribution >= 4 is 0 Å². The molecule has 118 valence electrons. The van der Waals surface area contributed by atoms with Crippen LogP contribution in [0.4, 0.5) is 0 Å². The third-order valence-electron chi connectivity index (χ3n) is 4.59. The Morgan fingerprint density at radius 1 is 1.33 bits per heavy atom. The first-order valence-electron chi connectivity index (χ1n) is 7.98. The molecular formula is C18H30N2O. The van der Waals surface area contributed by atoms with E-state index in [1.54, 1.807) is 0 Å². The molecular weight excluding hydrogens is 260 g/mol. The van der Waals surface area contributed by atoms with E-state index in [2.05, 4.69) is 37.7 Å². The average Bonchev–Trinajstić information content (AvgIpc) is 2.83. The van der Waals surface area contributed by atoms with Crippen molar-refractivity contribution in [2.24, 2.45) is 11.3 Å². The number of likely N-dealkylation sites (tertiary alicyclic amines) is 1. The summed E-state index contributed by atoms with van der Waals surface area (Å²) in [5, 5.41) is 10.7. The van der Waals surface area contributed by atoms with Gasteiger partial charge in [-0.3, -0.25) is 0 Å². The quantitative estimate of drug-likeness (QED) is 0.872. The number of nitrogens with zero attached hydrogens (tertiary/aromatic N) is 2. The van der Waals surface area contributed by atoms with Crippen molar-refractivity contribution in [1.82, 2.24) is 9.80 Å². The van der Waals surface area contributed by atoms with Crippen molar-refractivity contribution in [2.45, 2.75) is 26.4 Å². The van der Waals surface area contributed by atoms with Gasteiger partial charge in [-0.25, -0.2) is 0 Å². The molecule has 21 heavy (non-hydrogen) atoms. The van der Waals surface area contributed by atoms with Gasteiger partial charge in [0.1, 0.15) is 0 Å². The van der Waals surface area contributed by atoms with Gasteiger partial charge >= 0.3 is 0 Å². The van der Waals surface area contributed by atoms with Crippen LogP contribution in [-0.2, 0) is 0 Å². The Morgan fingerprint density at radius 3 is 2.57 bits per heavy atom. The molecule has 1 fully saturated rings. The van der Waals surface area contributed by atoms with Crippen LogP contribution in [0.3, 0.4) is 0 Å². The van der Waals surface area contributed by atoms with E-state index in [1.165, 1.54) is 19.5 Å². The van der Waals surface area contributed by atoms with Crippen LogP contribution in [0.2, 0.25) is 0 Å². The molecule has 0 aliphatic carbocycles. The van der Waals surface area contributed by atoms with Crippen LogP contribution in [0.1, 0.15) is 31.9 Å². The summed E-state index contributed by atoms with van der Waals surface area (Å²) < 4.78 is 0. The summed E-state index contributed by atoms with van der Waals surface area (Å²) >= 11 is 0. The number of hydrogen-bond acceptors (Lipinski definition) is 3. The van der Waals surface area contributed by atoms with Crippen LogP contribution >= 0.6 is 0 Å². The van der Waals surface area contributed by atoms with Crippen molar-refractivity contribution in [3.05, 3.63) is 35.9 Å². The fourth-order valence-electron chi connectivity index (χ4n) is 3.55. The first kappa shape index (κ1) is 16.5. The molecule has 1 saturated heterocycles. The van der Waals surface area contributed by atoms with Crippen molar-refractivity contribution < 1.29 is 5.11 Å². The highest BCUT2D eigenvalue weighted by molar-refractivity contribution is 5.19. The van der Waals surface area contributed by atoms with Gasteiger partial charge in [-0.05, 0) is 38.5 Å². The van der Waals surface area contributed by atoms with E-state index < -0.39 is 6.10 Å². The Hall–Kier alpha value is -0.900. The summed E-state index contributed by atoms with van der Waals surface area (Å²) in [5.41, 5.74) is 0.858. The Bertz CT molecular complexity index is 432. The second kappa shape index (κ2) is 6.91. The van der Waals surface area contributed by atoms with Gasteiger partial charge in [-0.15, -0.1) is 0 Å². The predicted octanol–water partition coefficient (Wildman–Crippen LogP) is 2.63. The van der Waals surface area contributed by atoms with E-state index in [0.29, 0.717) is 0 Å². The highest BCUT2D eigenvalue weighted by Crippen LogP contribution is 2.34. The Balaban J connectivity index is 1.90. The molecule has 1 heterocycles. The number of benzene rings is 1. The molecule has 0 saturated carbocycles. The van der Waals surface area contributed by atoms with Crippen molar-refractivity contribution in [3.8, 4) is 0 Å². The highest BCUT2D eigenvalue weighted by atomic mass is 16.3. The minimum absolute atomic E-state index is 0.152. The van der Waals surface area contributed by atoms with Gasteiger partial charge in [0.05, 0.1) is 6.10 Å². The SMILES string of the molecule is CN1CCC(CN(C)CC(C)(C)C(O)c2ccccc2)C1. The van der Waals surface area contributed by atoms with Crippen molar-refractivity contribution in [2.75, 3.05) is 40.3 Å². The molecule has 3 heteroatoms. The van der Waals surface area contributed by atoms with Gasteiger partial charge in [0.15, 0.2) is 0 Å². The molecule has 2 rings (SSSR count). The zero-order valence-electron chi connectivity index (χ0n) is 13.9. The van der Waals surface area contributed by atoms with E-state index in [4.69, 9.17) is 0 Å². The Morgan fingerprint density at radius 2 is 2.00 bits per heavy atom. The fourth-order valence-corrected chi connectivity index (χ4v) is 3.55. The lowest BCUT2D eigenvalue weighted by Crippen LogP contribution is -2.38. The fraction of sp³-hybridized carbons (Fsp3) is 0.667. The average molecular weight is 290 g/mol. The zero-order chi connectivity index (χ0) is 15.5. The molecule has 1 N–H and O–H groups in total. The van der Waals surface area contributed by atoms with Crippen LogP contribution in [0.5, 0.6) is 0 Å². The molecule has 2 atom stereocenters. The number of rotatable bonds is 6. The van der Waals surface area contributed by atoms with Crippen molar-refractivity contribution in [3.63, 3.8) is 0 Å². The van der Waals surface area contributed by atoms with Gasteiger partial charge in [0, 0.05) is 25.0 Å². The zero-order valence-corrected chi connectivity index (χ0v) is 13.9. The van der Waals surface area contributed by atoms with Crippen LogP contribution in [0.15, 0.2) is 30.3 Å². The topological polar surface area (TPSA) is 26.7 Å². The standard InChI is InChI=1S/C18H30N2O/c1-18(2,17(21)16-8-6-5-7-9-16)14-20(4)13-15-10-11-19(3)12-15/h5-9,15,17,21H,10-14H2,1-4H3. The summed E-state index contributed by atoms with van der Waals surface area (Å²) in [5.74, 6) is 0.768.